The quantitative estimate of drug-likeness (QED) is 0.505. The highest BCUT2D eigenvalue weighted by Gasteiger charge is 2.11. The second-order valence-electron chi connectivity index (χ2n) is 7.21. The molecule has 31 heavy (non-hydrogen) atoms. The number of ether oxygens (including phenoxy) is 3. The standard InChI is InChI=1S/C26H29NO4/c1-4-30-25-14-9-21(17-22(25)18-31-24-10-5-19(2)6-11-24)26(28)27-16-15-20-7-12-23(29-3)13-8-20/h5-14,17H,4,15-16,18H2,1-3H3,(H,27,28). The molecule has 1 amide bonds. The zero-order valence-electron chi connectivity index (χ0n) is 18.3. The van der Waals surface area contributed by atoms with Gasteiger partial charge in [-0.25, -0.2) is 0 Å². The fourth-order valence-corrected chi connectivity index (χ4v) is 3.14. The molecule has 3 aromatic carbocycles. The Kier molecular flexibility index (Phi) is 7.93. The molecule has 0 atom stereocenters. The minimum Gasteiger partial charge on any atom is -0.497 e. The summed E-state index contributed by atoms with van der Waals surface area (Å²) in [6.07, 6.45) is 0.746. The SMILES string of the molecule is CCOc1ccc(C(=O)NCCc2ccc(OC)cc2)cc1COc1ccc(C)cc1. The van der Waals surface area contributed by atoms with E-state index in [0.29, 0.717) is 25.3 Å². The Morgan fingerprint density at radius 1 is 0.903 bits per heavy atom. The van der Waals surface area contributed by atoms with Crippen LogP contribution in [0.1, 0.15) is 34.0 Å². The van der Waals surface area contributed by atoms with Crippen LogP contribution in [-0.2, 0) is 13.0 Å². The molecule has 5 nitrogen and oxygen atoms in total. The highest BCUT2D eigenvalue weighted by atomic mass is 16.5. The Labute approximate surface area is 184 Å². The first-order chi connectivity index (χ1) is 15.1. The molecule has 0 spiro atoms. The van der Waals surface area contributed by atoms with Crippen molar-refractivity contribution < 1.29 is 19.0 Å². The monoisotopic (exact) mass is 419 g/mol. The molecule has 0 aliphatic heterocycles. The number of hydrogen-bond acceptors (Lipinski definition) is 4. The van der Waals surface area contributed by atoms with Crippen LogP contribution in [0.5, 0.6) is 17.2 Å². The van der Waals surface area contributed by atoms with E-state index in [1.165, 1.54) is 5.56 Å². The molecule has 0 aliphatic carbocycles. The molecule has 0 bridgehead atoms. The number of benzene rings is 3. The number of nitrogens with one attached hydrogen (secondary N) is 1. The molecule has 0 saturated carbocycles. The van der Waals surface area contributed by atoms with E-state index in [4.69, 9.17) is 14.2 Å². The Morgan fingerprint density at radius 3 is 2.29 bits per heavy atom. The van der Waals surface area contributed by atoms with E-state index >= 15 is 0 Å². The van der Waals surface area contributed by atoms with Crippen molar-refractivity contribution in [3.63, 3.8) is 0 Å². The first-order valence-electron chi connectivity index (χ1n) is 10.5. The van der Waals surface area contributed by atoms with Crippen molar-refractivity contribution in [3.8, 4) is 17.2 Å². The maximum Gasteiger partial charge on any atom is 0.251 e. The van der Waals surface area contributed by atoms with Crippen molar-refractivity contribution in [2.75, 3.05) is 20.3 Å². The molecule has 0 saturated heterocycles. The van der Waals surface area contributed by atoms with Crippen molar-refractivity contribution in [1.82, 2.24) is 5.32 Å². The Balaban J connectivity index is 1.61. The summed E-state index contributed by atoms with van der Waals surface area (Å²) in [5.41, 5.74) is 3.74. The predicted molar refractivity (Wildman–Crippen MR) is 122 cm³/mol. The van der Waals surface area contributed by atoms with Crippen LogP contribution in [0.2, 0.25) is 0 Å². The number of aryl methyl sites for hydroxylation is 1. The van der Waals surface area contributed by atoms with Crippen molar-refractivity contribution in [2.24, 2.45) is 0 Å². The second-order valence-corrected chi connectivity index (χ2v) is 7.21. The predicted octanol–water partition coefficient (Wildman–Crippen LogP) is 4.95. The van der Waals surface area contributed by atoms with Crippen molar-refractivity contribution >= 4 is 5.91 Å². The molecular formula is C26H29NO4. The largest absolute Gasteiger partial charge is 0.497 e. The van der Waals surface area contributed by atoms with E-state index in [0.717, 1.165) is 34.8 Å². The second kappa shape index (κ2) is 11.1. The normalized spacial score (nSPS) is 10.4. The summed E-state index contributed by atoms with van der Waals surface area (Å²) in [5, 5.41) is 2.98. The van der Waals surface area contributed by atoms with Crippen molar-refractivity contribution in [2.45, 2.75) is 26.9 Å². The van der Waals surface area contributed by atoms with Crippen LogP contribution in [0, 0.1) is 6.92 Å². The third kappa shape index (κ3) is 6.51. The molecule has 5 heteroatoms. The smallest absolute Gasteiger partial charge is 0.251 e. The van der Waals surface area contributed by atoms with E-state index in [-0.39, 0.29) is 5.91 Å². The zero-order chi connectivity index (χ0) is 22.1. The van der Waals surface area contributed by atoms with Crippen LogP contribution in [0.25, 0.3) is 0 Å². The molecule has 1 N–H and O–H groups in total. The number of carbonyl (C=O) groups excluding carboxylic acids is 1. The summed E-state index contributed by atoms with van der Waals surface area (Å²) in [5.74, 6) is 2.21. The third-order valence-corrected chi connectivity index (χ3v) is 4.90. The first kappa shape index (κ1) is 22.2. The minimum absolute atomic E-state index is 0.117. The lowest BCUT2D eigenvalue weighted by molar-refractivity contribution is 0.0954. The minimum atomic E-state index is -0.117. The number of methoxy groups -OCH3 is 1. The summed E-state index contributed by atoms with van der Waals surface area (Å²) in [7, 11) is 1.64. The summed E-state index contributed by atoms with van der Waals surface area (Å²) >= 11 is 0. The number of rotatable bonds is 10. The average molecular weight is 420 g/mol. The van der Waals surface area contributed by atoms with E-state index in [9.17, 15) is 4.79 Å². The van der Waals surface area contributed by atoms with Crippen LogP contribution in [0.15, 0.2) is 66.7 Å². The molecule has 0 aliphatic rings. The highest BCUT2D eigenvalue weighted by molar-refractivity contribution is 5.94. The lowest BCUT2D eigenvalue weighted by Crippen LogP contribution is -2.25. The molecule has 3 aromatic rings. The van der Waals surface area contributed by atoms with Gasteiger partial charge < -0.3 is 19.5 Å². The van der Waals surface area contributed by atoms with Gasteiger partial charge >= 0.3 is 0 Å². The van der Waals surface area contributed by atoms with Crippen LogP contribution in [-0.4, -0.2) is 26.2 Å². The van der Waals surface area contributed by atoms with Gasteiger partial charge in [-0.2, -0.15) is 0 Å². The fraction of sp³-hybridized carbons (Fsp3) is 0.269. The van der Waals surface area contributed by atoms with Gasteiger partial charge in [-0.3, -0.25) is 4.79 Å². The molecule has 0 unspecified atom stereocenters. The summed E-state index contributed by atoms with van der Waals surface area (Å²) in [6, 6.07) is 21.2. The van der Waals surface area contributed by atoms with Gasteiger partial charge in [-0.15, -0.1) is 0 Å². The maximum atomic E-state index is 12.7. The summed E-state index contributed by atoms with van der Waals surface area (Å²) in [4.78, 5) is 12.7. The lowest BCUT2D eigenvalue weighted by Gasteiger charge is -2.14. The zero-order valence-corrected chi connectivity index (χ0v) is 18.3. The van der Waals surface area contributed by atoms with Gasteiger partial charge in [-0.05, 0) is 68.3 Å². The molecule has 0 aromatic heterocycles. The van der Waals surface area contributed by atoms with Crippen LogP contribution < -0.4 is 19.5 Å². The third-order valence-electron chi connectivity index (χ3n) is 4.90. The van der Waals surface area contributed by atoms with E-state index < -0.39 is 0 Å². The van der Waals surface area contributed by atoms with Crippen molar-refractivity contribution in [3.05, 3.63) is 89.0 Å². The summed E-state index contributed by atoms with van der Waals surface area (Å²) in [6.45, 7) is 5.39. The lowest BCUT2D eigenvalue weighted by atomic mass is 10.1. The Morgan fingerprint density at radius 2 is 1.61 bits per heavy atom. The van der Waals surface area contributed by atoms with E-state index in [1.54, 1.807) is 13.2 Å². The Bertz CT molecular complexity index is 981. The van der Waals surface area contributed by atoms with Crippen LogP contribution in [0.4, 0.5) is 0 Å². The van der Waals surface area contributed by atoms with Gasteiger partial charge in [0.1, 0.15) is 23.9 Å². The van der Waals surface area contributed by atoms with Gasteiger partial charge in [0.15, 0.2) is 0 Å². The van der Waals surface area contributed by atoms with Gasteiger partial charge in [-0.1, -0.05) is 29.8 Å². The van der Waals surface area contributed by atoms with Gasteiger partial charge in [0.25, 0.3) is 5.91 Å². The highest BCUT2D eigenvalue weighted by Crippen LogP contribution is 2.23. The molecule has 0 heterocycles. The summed E-state index contributed by atoms with van der Waals surface area (Å²) < 4.78 is 16.8. The maximum absolute atomic E-state index is 12.7. The molecule has 0 radical (unpaired) electrons. The topological polar surface area (TPSA) is 56.8 Å². The fourth-order valence-electron chi connectivity index (χ4n) is 3.14. The van der Waals surface area contributed by atoms with Gasteiger partial charge in [0.2, 0.25) is 0 Å². The van der Waals surface area contributed by atoms with Gasteiger partial charge in [0.05, 0.1) is 13.7 Å². The number of carbonyl (C=O) groups is 1. The van der Waals surface area contributed by atoms with Crippen molar-refractivity contribution in [1.29, 1.82) is 0 Å². The van der Waals surface area contributed by atoms with Crippen LogP contribution in [0.3, 0.4) is 0 Å². The van der Waals surface area contributed by atoms with E-state index in [2.05, 4.69) is 5.32 Å². The van der Waals surface area contributed by atoms with E-state index in [1.807, 2.05) is 74.5 Å². The molecule has 3 rings (SSSR count). The molecule has 0 fully saturated rings. The van der Waals surface area contributed by atoms with Gasteiger partial charge in [0, 0.05) is 17.7 Å². The Hall–Kier alpha value is -3.47. The first-order valence-corrected chi connectivity index (χ1v) is 10.5. The number of amides is 1. The molecule has 162 valence electrons. The number of hydrogen-bond donors (Lipinski definition) is 1. The van der Waals surface area contributed by atoms with Crippen LogP contribution >= 0.6 is 0 Å². The molecular weight excluding hydrogens is 390 g/mol. The average Bonchev–Trinajstić information content (AvgIpc) is 2.80.